The Morgan fingerprint density at radius 2 is 2.00 bits per heavy atom. The normalized spacial score (nSPS) is 12.2. The minimum Gasteiger partial charge on any atom is -0.496 e. The lowest BCUT2D eigenvalue weighted by atomic mass is 10.0. The number of benzene rings is 2. The third-order valence-corrected chi connectivity index (χ3v) is 4.91. The second-order valence-corrected chi connectivity index (χ2v) is 6.49. The van der Waals surface area contributed by atoms with Crippen molar-refractivity contribution in [3.63, 3.8) is 0 Å². The van der Waals surface area contributed by atoms with Gasteiger partial charge in [0.05, 0.1) is 12.1 Å². The second-order valence-electron chi connectivity index (χ2n) is 5.02. The molecule has 0 fully saturated rings. The number of thioether (sulfide) groups is 1. The number of methoxy groups -OCH3 is 1. The van der Waals surface area contributed by atoms with Crippen LogP contribution < -0.4 is 10.5 Å². The average Bonchev–Trinajstić information content (AvgIpc) is 2.47. The molecule has 21 heavy (non-hydrogen) atoms. The third kappa shape index (κ3) is 4.67. The first-order valence-corrected chi connectivity index (χ1v) is 8.23. The van der Waals surface area contributed by atoms with E-state index in [9.17, 15) is 0 Å². The van der Waals surface area contributed by atoms with Gasteiger partial charge < -0.3 is 10.5 Å². The fourth-order valence-corrected chi connectivity index (χ4v) is 3.36. The molecule has 1 unspecified atom stereocenters. The SMILES string of the molecule is COc1ccc(C)cc1CC(N)CSc1ccccc1Cl. The molecule has 0 aliphatic carbocycles. The predicted molar refractivity (Wildman–Crippen MR) is 91.6 cm³/mol. The van der Waals surface area contributed by atoms with Crippen LogP contribution in [0.2, 0.25) is 5.02 Å². The summed E-state index contributed by atoms with van der Waals surface area (Å²) in [5, 5.41) is 0.780. The van der Waals surface area contributed by atoms with Gasteiger partial charge in [0.2, 0.25) is 0 Å². The summed E-state index contributed by atoms with van der Waals surface area (Å²) >= 11 is 7.85. The fraction of sp³-hybridized carbons (Fsp3) is 0.294. The summed E-state index contributed by atoms with van der Waals surface area (Å²) in [5.74, 6) is 1.72. The first-order chi connectivity index (χ1) is 10.1. The number of hydrogen-bond donors (Lipinski definition) is 1. The molecule has 4 heteroatoms. The van der Waals surface area contributed by atoms with Gasteiger partial charge in [0, 0.05) is 16.7 Å². The van der Waals surface area contributed by atoms with E-state index < -0.39 is 0 Å². The lowest BCUT2D eigenvalue weighted by molar-refractivity contribution is 0.408. The molecule has 0 spiro atoms. The van der Waals surface area contributed by atoms with Crippen molar-refractivity contribution in [2.24, 2.45) is 5.73 Å². The number of nitrogens with two attached hydrogens (primary N) is 1. The van der Waals surface area contributed by atoms with Crippen LogP contribution in [0.25, 0.3) is 0 Å². The highest BCUT2D eigenvalue weighted by atomic mass is 35.5. The van der Waals surface area contributed by atoms with Crippen LogP contribution in [0.5, 0.6) is 5.75 Å². The molecule has 0 aliphatic rings. The van der Waals surface area contributed by atoms with Gasteiger partial charge in [0.25, 0.3) is 0 Å². The molecule has 2 nitrogen and oxygen atoms in total. The summed E-state index contributed by atoms with van der Waals surface area (Å²) in [6.07, 6.45) is 0.794. The maximum Gasteiger partial charge on any atom is 0.122 e. The lowest BCUT2D eigenvalue weighted by Crippen LogP contribution is -2.25. The predicted octanol–water partition coefficient (Wildman–Crippen LogP) is 4.32. The maximum atomic E-state index is 6.26. The Kier molecular flexibility index (Phi) is 5.97. The standard InChI is InChI=1S/C17H20ClNOS/c1-12-7-8-16(20-2)13(9-12)10-14(19)11-21-17-6-4-3-5-15(17)18/h3-9,14H,10-11,19H2,1-2H3. The van der Waals surface area contributed by atoms with E-state index in [2.05, 4.69) is 13.0 Å². The number of rotatable bonds is 6. The van der Waals surface area contributed by atoms with Gasteiger partial charge in [-0.25, -0.2) is 0 Å². The zero-order valence-corrected chi connectivity index (χ0v) is 13.9. The zero-order chi connectivity index (χ0) is 15.2. The Morgan fingerprint density at radius 1 is 1.24 bits per heavy atom. The molecule has 0 saturated carbocycles. The number of halogens is 1. The molecule has 2 aromatic rings. The summed E-state index contributed by atoms with van der Waals surface area (Å²) in [6.45, 7) is 2.08. The van der Waals surface area contributed by atoms with Gasteiger partial charge in [-0.05, 0) is 37.1 Å². The summed E-state index contributed by atoms with van der Waals surface area (Å²) in [6, 6.07) is 14.1. The van der Waals surface area contributed by atoms with Crippen LogP contribution >= 0.6 is 23.4 Å². The van der Waals surface area contributed by atoms with Crippen molar-refractivity contribution in [3.05, 3.63) is 58.6 Å². The van der Waals surface area contributed by atoms with Crippen molar-refractivity contribution in [1.82, 2.24) is 0 Å². The van der Waals surface area contributed by atoms with Crippen molar-refractivity contribution in [3.8, 4) is 5.75 Å². The van der Waals surface area contributed by atoms with Gasteiger partial charge in [-0.15, -0.1) is 11.8 Å². The van der Waals surface area contributed by atoms with E-state index in [4.69, 9.17) is 22.1 Å². The van der Waals surface area contributed by atoms with Gasteiger partial charge in [-0.2, -0.15) is 0 Å². The number of aryl methyl sites for hydroxylation is 1. The molecule has 0 heterocycles. The molecule has 0 saturated heterocycles. The molecule has 2 N–H and O–H groups in total. The molecular weight excluding hydrogens is 302 g/mol. The van der Waals surface area contributed by atoms with E-state index in [1.807, 2.05) is 36.4 Å². The number of hydrogen-bond acceptors (Lipinski definition) is 3. The largest absolute Gasteiger partial charge is 0.496 e. The van der Waals surface area contributed by atoms with Crippen molar-refractivity contribution < 1.29 is 4.74 Å². The van der Waals surface area contributed by atoms with Crippen molar-refractivity contribution in [2.75, 3.05) is 12.9 Å². The first kappa shape index (κ1) is 16.2. The Labute approximate surface area is 135 Å². The van der Waals surface area contributed by atoms with E-state index >= 15 is 0 Å². The monoisotopic (exact) mass is 321 g/mol. The highest BCUT2D eigenvalue weighted by Crippen LogP contribution is 2.28. The first-order valence-electron chi connectivity index (χ1n) is 6.86. The van der Waals surface area contributed by atoms with Gasteiger partial charge in [-0.3, -0.25) is 0 Å². The summed E-state index contributed by atoms with van der Waals surface area (Å²) in [7, 11) is 1.69. The Bertz CT molecular complexity index is 603. The van der Waals surface area contributed by atoms with Crippen LogP contribution in [0, 0.1) is 6.92 Å². The van der Waals surface area contributed by atoms with Crippen LogP contribution in [0.1, 0.15) is 11.1 Å². The quantitative estimate of drug-likeness (QED) is 0.805. The fourth-order valence-electron chi connectivity index (χ4n) is 2.17. The van der Waals surface area contributed by atoms with E-state index in [1.165, 1.54) is 5.56 Å². The molecular formula is C17H20ClNOS. The molecule has 1 atom stereocenters. The van der Waals surface area contributed by atoms with Gasteiger partial charge >= 0.3 is 0 Å². The molecule has 112 valence electrons. The average molecular weight is 322 g/mol. The zero-order valence-electron chi connectivity index (χ0n) is 12.3. The second kappa shape index (κ2) is 7.74. The lowest BCUT2D eigenvalue weighted by Gasteiger charge is -2.15. The third-order valence-electron chi connectivity index (χ3n) is 3.21. The van der Waals surface area contributed by atoms with E-state index in [1.54, 1.807) is 18.9 Å². The molecule has 2 aromatic carbocycles. The van der Waals surface area contributed by atoms with Gasteiger partial charge in [-0.1, -0.05) is 41.4 Å². The van der Waals surface area contributed by atoms with Gasteiger partial charge in [0.1, 0.15) is 5.75 Å². The summed E-state index contributed by atoms with van der Waals surface area (Å²) in [5.41, 5.74) is 8.63. The molecule has 2 rings (SSSR count). The van der Waals surface area contributed by atoms with Crippen molar-refractivity contribution in [1.29, 1.82) is 0 Å². The minimum absolute atomic E-state index is 0.0574. The molecule has 0 aromatic heterocycles. The van der Waals surface area contributed by atoms with Crippen LogP contribution in [-0.2, 0) is 6.42 Å². The van der Waals surface area contributed by atoms with Crippen LogP contribution in [0.3, 0.4) is 0 Å². The van der Waals surface area contributed by atoms with Crippen LogP contribution in [0.15, 0.2) is 47.4 Å². The Balaban J connectivity index is 1.97. The van der Waals surface area contributed by atoms with Crippen molar-refractivity contribution >= 4 is 23.4 Å². The molecule has 0 aliphatic heterocycles. The summed E-state index contributed by atoms with van der Waals surface area (Å²) < 4.78 is 5.40. The minimum atomic E-state index is 0.0574. The Hall–Kier alpha value is -1.16. The summed E-state index contributed by atoms with van der Waals surface area (Å²) in [4.78, 5) is 1.07. The van der Waals surface area contributed by atoms with Gasteiger partial charge in [0.15, 0.2) is 0 Å². The molecule has 0 bridgehead atoms. The van der Waals surface area contributed by atoms with E-state index in [0.29, 0.717) is 0 Å². The topological polar surface area (TPSA) is 35.2 Å². The van der Waals surface area contributed by atoms with E-state index in [0.717, 1.165) is 33.4 Å². The highest BCUT2D eigenvalue weighted by Gasteiger charge is 2.10. The number of ether oxygens (including phenoxy) is 1. The highest BCUT2D eigenvalue weighted by molar-refractivity contribution is 7.99. The molecule has 0 radical (unpaired) electrons. The van der Waals surface area contributed by atoms with Crippen LogP contribution in [0.4, 0.5) is 0 Å². The van der Waals surface area contributed by atoms with Crippen molar-refractivity contribution in [2.45, 2.75) is 24.3 Å². The Morgan fingerprint density at radius 3 is 2.71 bits per heavy atom. The van der Waals surface area contributed by atoms with E-state index in [-0.39, 0.29) is 6.04 Å². The smallest absolute Gasteiger partial charge is 0.122 e. The maximum absolute atomic E-state index is 6.26. The molecule has 0 amide bonds. The van der Waals surface area contributed by atoms with Crippen LogP contribution in [-0.4, -0.2) is 18.9 Å².